The van der Waals surface area contributed by atoms with Gasteiger partial charge < -0.3 is 4.90 Å². The minimum absolute atomic E-state index is 0.0786. The molecule has 9 heteroatoms. The molecule has 0 aliphatic carbocycles. The van der Waals surface area contributed by atoms with E-state index < -0.39 is 0 Å². The molecular weight excluding hydrogens is 465 g/mol. The summed E-state index contributed by atoms with van der Waals surface area (Å²) in [5, 5.41) is 5.14. The van der Waals surface area contributed by atoms with Crippen LogP contribution in [-0.4, -0.2) is 33.2 Å². The van der Waals surface area contributed by atoms with Crippen molar-refractivity contribution in [2.45, 2.75) is 31.6 Å². The zero-order valence-electron chi connectivity index (χ0n) is 17.9. The highest BCUT2D eigenvalue weighted by atomic mass is 32.2. The second kappa shape index (κ2) is 9.56. The first kappa shape index (κ1) is 22.7. The molecule has 1 aromatic carbocycles. The van der Waals surface area contributed by atoms with Crippen molar-refractivity contribution in [3.8, 4) is 10.4 Å². The Morgan fingerprint density at radius 1 is 1.25 bits per heavy atom. The second-order valence-corrected chi connectivity index (χ2v) is 10.0. The van der Waals surface area contributed by atoms with Crippen molar-refractivity contribution in [3.05, 3.63) is 68.9 Å². The quantitative estimate of drug-likeness (QED) is 0.249. The molecular formula is C23H22FN3O2S3. The van der Waals surface area contributed by atoms with Crippen LogP contribution in [0.1, 0.15) is 25.5 Å². The number of thioether (sulfide) groups is 1. The van der Waals surface area contributed by atoms with E-state index in [0.717, 1.165) is 16.0 Å². The van der Waals surface area contributed by atoms with Crippen molar-refractivity contribution >= 4 is 50.6 Å². The molecule has 0 saturated carbocycles. The van der Waals surface area contributed by atoms with Crippen LogP contribution < -0.4 is 5.56 Å². The van der Waals surface area contributed by atoms with Crippen LogP contribution in [0, 0.1) is 5.82 Å². The van der Waals surface area contributed by atoms with E-state index in [0.29, 0.717) is 21.9 Å². The molecule has 0 bridgehead atoms. The second-order valence-electron chi connectivity index (χ2n) is 7.27. The minimum atomic E-state index is -0.305. The molecule has 0 N–H and O–H groups in total. The van der Waals surface area contributed by atoms with Gasteiger partial charge in [-0.25, -0.2) is 9.37 Å². The third kappa shape index (κ3) is 4.37. The highest BCUT2D eigenvalue weighted by Crippen LogP contribution is 2.34. The third-order valence-corrected chi connectivity index (χ3v) is 8.15. The molecule has 3 aromatic heterocycles. The van der Waals surface area contributed by atoms with Crippen LogP contribution in [0.15, 0.2) is 57.1 Å². The Bertz CT molecular complexity index is 1300. The number of carbonyl (C=O) groups is 1. The van der Waals surface area contributed by atoms with Gasteiger partial charge in [-0.2, -0.15) is 0 Å². The fraction of sp³-hybridized carbons (Fsp3) is 0.261. The topological polar surface area (TPSA) is 55.2 Å². The average Bonchev–Trinajstić information content (AvgIpc) is 3.47. The largest absolute Gasteiger partial charge is 0.338 e. The van der Waals surface area contributed by atoms with Crippen molar-refractivity contribution in [2.24, 2.45) is 0 Å². The maximum absolute atomic E-state index is 13.3. The first-order valence-electron chi connectivity index (χ1n) is 10.1. The van der Waals surface area contributed by atoms with Gasteiger partial charge in [-0.05, 0) is 43.0 Å². The van der Waals surface area contributed by atoms with Gasteiger partial charge in [-0.15, -0.1) is 22.7 Å². The predicted molar refractivity (Wildman–Crippen MR) is 131 cm³/mol. The van der Waals surface area contributed by atoms with E-state index in [4.69, 9.17) is 4.98 Å². The molecule has 32 heavy (non-hydrogen) atoms. The van der Waals surface area contributed by atoms with E-state index in [1.807, 2.05) is 36.7 Å². The summed E-state index contributed by atoms with van der Waals surface area (Å²) in [5.41, 5.74) is 1.70. The molecule has 4 rings (SSSR count). The number of thiophene rings is 2. The molecule has 0 spiro atoms. The van der Waals surface area contributed by atoms with Gasteiger partial charge in [0.1, 0.15) is 10.6 Å². The first-order valence-corrected chi connectivity index (χ1v) is 12.8. The van der Waals surface area contributed by atoms with Gasteiger partial charge in [-0.1, -0.05) is 30.0 Å². The summed E-state index contributed by atoms with van der Waals surface area (Å²) in [6.07, 6.45) is 0. The summed E-state index contributed by atoms with van der Waals surface area (Å²) in [6.45, 7) is 4.28. The maximum Gasteiger partial charge on any atom is 0.263 e. The smallest absolute Gasteiger partial charge is 0.263 e. The van der Waals surface area contributed by atoms with Gasteiger partial charge in [0, 0.05) is 29.4 Å². The van der Waals surface area contributed by atoms with Gasteiger partial charge in [0.05, 0.1) is 17.2 Å². The van der Waals surface area contributed by atoms with Crippen LogP contribution in [0.3, 0.4) is 0 Å². The highest BCUT2D eigenvalue weighted by molar-refractivity contribution is 7.99. The Morgan fingerprint density at radius 3 is 2.66 bits per heavy atom. The van der Waals surface area contributed by atoms with Crippen LogP contribution >= 0.6 is 34.4 Å². The molecule has 0 aliphatic heterocycles. The van der Waals surface area contributed by atoms with Crippen LogP contribution in [0.25, 0.3) is 20.7 Å². The van der Waals surface area contributed by atoms with Gasteiger partial charge in [0.25, 0.3) is 5.56 Å². The van der Waals surface area contributed by atoms with E-state index >= 15 is 0 Å². The van der Waals surface area contributed by atoms with Crippen molar-refractivity contribution < 1.29 is 9.18 Å². The van der Waals surface area contributed by atoms with Crippen LogP contribution in [0.5, 0.6) is 0 Å². The minimum Gasteiger partial charge on any atom is -0.338 e. The Labute approximate surface area is 197 Å². The molecule has 0 radical (unpaired) electrons. The number of fused-ring (bicyclic) bond motifs is 1. The lowest BCUT2D eigenvalue weighted by Gasteiger charge is -2.25. The number of aromatic nitrogens is 2. The Morgan fingerprint density at radius 2 is 2.00 bits per heavy atom. The van der Waals surface area contributed by atoms with Crippen LogP contribution in [-0.2, 0) is 11.3 Å². The molecule has 166 valence electrons. The molecule has 0 aliphatic rings. The zero-order chi connectivity index (χ0) is 22.8. The SMILES string of the molecule is CCn1c(SCC(=O)N(C)C(C)c2ccc(F)cc2)nc2scc(-c3cccs3)c2c1=O. The molecule has 5 nitrogen and oxygen atoms in total. The van der Waals surface area contributed by atoms with Crippen LogP contribution in [0.4, 0.5) is 4.39 Å². The predicted octanol–water partition coefficient (Wildman–Crippen LogP) is 5.66. The van der Waals surface area contributed by atoms with Gasteiger partial charge >= 0.3 is 0 Å². The number of benzene rings is 1. The number of amides is 1. The number of hydrogen-bond acceptors (Lipinski definition) is 6. The lowest BCUT2D eigenvalue weighted by Crippen LogP contribution is -2.31. The summed E-state index contributed by atoms with van der Waals surface area (Å²) in [6, 6.07) is 9.92. The van der Waals surface area contributed by atoms with Crippen molar-refractivity contribution in [1.29, 1.82) is 0 Å². The molecule has 0 fully saturated rings. The van der Waals surface area contributed by atoms with Crippen molar-refractivity contribution in [2.75, 3.05) is 12.8 Å². The number of rotatable bonds is 7. The number of hydrogen-bond donors (Lipinski definition) is 0. The lowest BCUT2D eigenvalue weighted by molar-refractivity contribution is -0.128. The van der Waals surface area contributed by atoms with Crippen molar-refractivity contribution in [3.63, 3.8) is 0 Å². The Kier molecular flexibility index (Phi) is 6.78. The fourth-order valence-electron chi connectivity index (χ4n) is 3.42. The summed E-state index contributed by atoms with van der Waals surface area (Å²) in [4.78, 5) is 34.2. The highest BCUT2D eigenvalue weighted by Gasteiger charge is 2.21. The molecule has 1 unspecified atom stereocenters. The van der Waals surface area contributed by atoms with E-state index in [1.165, 1.54) is 35.2 Å². The normalized spacial score (nSPS) is 12.2. The van der Waals surface area contributed by atoms with Gasteiger partial charge in [-0.3, -0.25) is 14.2 Å². The maximum atomic E-state index is 13.3. The Hall–Kier alpha value is -2.49. The van der Waals surface area contributed by atoms with E-state index in [1.54, 1.807) is 40.0 Å². The molecule has 0 saturated heterocycles. The summed E-state index contributed by atoms with van der Waals surface area (Å²) < 4.78 is 14.8. The summed E-state index contributed by atoms with van der Waals surface area (Å²) in [7, 11) is 1.73. The zero-order valence-corrected chi connectivity index (χ0v) is 20.3. The monoisotopic (exact) mass is 487 g/mol. The fourth-order valence-corrected chi connectivity index (χ4v) is 6.21. The van der Waals surface area contributed by atoms with E-state index in [2.05, 4.69) is 0 Å². The first-order chi connectivity index (χ1) is 15.4. The molecule has 1 atom stereocenters. The Balaban J connectivity index is 1.56. The number of halogens is 1. The summed E-state index contributed by atoms with van der Waals surface area (Å²) >= 11 is 4.31. The van der Waals surface area contributed by atoms with Gasteiger partial charge in [0.2, 0.25) is 5.91 Å². The van der Waals surface area contributed by atoms with E-state index in [-0.39, 0.29) is 29.1 Å². The lowest BCUT2D eigenvalue weighted by atomic mass is 10.1. The number of carbonyl (C=O) groups excluding carboxylic acids is 1. The third-order valence-electron chi connectivity index (χ3n) is 5.41. The summed E-state index contributed by atoms with van der Waals surface area (Å²) in [5.74, 6) is -0.238. The molecule has 1 amide bonds. The van der Waals surface area contributed by atoms with E-state index in [9.17, 15) is 14.0 Å². The number of nitrogens with zero attached hydrogens (tertiary/aromatic N) is 3. The van der Waals surface area contributed by atoms with Crippen LogP contribution in [0.2, 0.25) is 0 Å². The molecule has 3 heterocycles. The van der Waals surface area contributed by atoms with Crippen molar-refractivity contribution in [1.82, 2.24) is 14.5 Å². The van der Waals surface area contributed by atoms with Gasteiger partial charge in [0.15, 0.2) is 5.16 Å². The molecule has 4 aromatic rings. The average molecular weight is 488 g/mol. The standard InChI is InChI=1S/C23H22FN3O2S3/c1-4-27-22(29)20-17(18-6-5-11-30-18)12-31-21(20)25-23(27)32-13-19(28)26(3)14(2)15-7-9-16(24)10-8-15/h5-12,14H,4,13H2,1-3H3.